The molecule has 0 radical (unpaired) electrons. The van der Waals surface area contributed by atoms with Crippen LogP contribution in [0.3, 0.4) is 0 Å². The minimum absolute atomic E-state index is 0.247. The Hall–Kier alpha value is -1.51. The van der Waals surface area contributed by atoms with Crippen LogP contribution in [0.2, 0.25) is 0 Å². The topological polar surface area (TPSA) is 52.3 Å². The molecule has 3 heteroatoms. The van der Waals surface area contributed by atoms with Gasteiger partial charge in [-0.2, -0.15) is 0 Å². The standard InChI is InChI=1S/C12H17NO2/c1-4-15-11(14)12(2,3)9-7-5-6-8-10(9)13/h5-8H,4,13H2,1-3H3. The van der Waals surface area contributed by atoms with Crippen molar-refractivity contribution >= 4 is 11.7 Å². The molecule has 0 amide bonds. The number of para-hydroxylation sites is 1. The Morgan fingerprint density at radius 1 is 1.40 bits per heavy atom. The average molecular weight is 207 g/mol. The molecule has 82 valence electrons. The van der Waals surface area contributed by atoms with Crippen LogP contribution in [0.25, 0.3) is 0 Å². The van der Waals surface area contributed by atoms with Crippen LogP contribution in [-0.2, 0) is 14.9 Å². The fraction of sp³-hybridized carbons (Fsp3) is 0.417. The summed E-state index contributed by atoms with van der Waals surface area (Å²) in [4.78, 5) is 11.7. The molecule has 15 heavy (non-hydrogen) atoms. The van der Waals surface area contributed by atoms with E-state index in [0.717, 1.165) is 5.56 Å². The van der Waals surface area contributed by atoms with Gasteiger partial charge >= 0.3 is 5.97 Å². The van der Waals surface area contributed by atoms with E-state index in [2.05, 4.69) is 0 Å². The summed E-state index contributed by atoms with van der Waals surface area (Å²) in [5.74, 6) is -0.247. The van der Waals surface area contributed by atoms with Gasteiger partial charge in [-0.1, -0.05) is 18.2 Å². The molecule has 1 rings (SSSR count). The molecule has 1 aromatic carbocycles. The average Bonchev–Trinajstić information content (AvgIpc) is 2.18. The molecule has 0 aliphatic carbocycles. The predicted octanol–water partition coefficient (Wildman–Crippen LogP) is 2.11. The normalized spacial score (nSPS) is 11.1. The lowest BCUT2D eigenvalue weighted by atomic mass is 9.84. The Bertz CT molecular complexity index is 358. The third kappa shape index (κ3) is 2.29. The zero-order valence-corrected chi connectivity index (χ0v) is 9.41. The van der Waals surface area contributed by atoms with Gasteiger partial charge in [0.2, 0.25) is 0 Å². The van der Waals surface area contributed by atoms with Crippen LogP contribution in [0, 0.1) is 0 Å². The molecule has 0 heterocycles. The van der Waals surface area contributed by atoms with Gasteiger partial charge in [0.1, 0.15) is 0 Å². The van der Waals surface area contributed by atoms with Gasteiger partial charge in [0.15, 0.2) is 0 Å². The SMILES string of the molecule is CCOC(=O)C(C)(C)c1ccccc1N. The summed E-state index contributed by atoms with van der Waals surface area (Å²) in [7, 11) is 0. The maximum atomic E-state index is 11.7. The van der Waals surface area contributed by atoms with Crippen molar-refractivity contribution in [2.24, 2.45) is 0 Å². The van der Waals surface area contributed by atoms with Gasteiger partial charge in [-0.05, 0) is 32.4 Å². The fourth-order valence-corrected chi connectivity index (χ4v) is 1.49. The van der Waals surface area contributed by atoms with E-state index in [9.17, 15) is 4.79 Å². The van der Waals surface area contributed by atoms with Gasteiger partial charge in [0.05, 0.1) is 12.0 Å². The lowest BCUT2D eigenvalue weighted by Crippen LogP contribution is -2.31. The molecule has 0 bridgehead atoms. The monoisotopic (exact) mass is 207 g/mol. The van der Waals surface area contributed by atoms with Gasteiger partial charge in [-0.15, -0.1) is 0 Å². The Morgan fingerprint density at radius 2 is 2.00 bits per heavy atom. The molecule has 0 aliphatic rings. The number of carbonyl (C=O) groups is 1. The van der Waals surface area contributed by atoms with E-state index < -0.39 is 5.41 Å². The van der Waals surface area contributed by atoms with E-state index in [1.165, 1.54) is 0 Å². The van der Waals surface area contributed by atoms with Crippen molar-refractivity contribution in [3.05, 3.63) is 29.8 Å². The number of carbonyl (C=O) groups excluding carboxylic acids is 1. The second kappa shape index (κ2) is 4.34. The van der Waals surface area contributed by atoms with Crippen LogP contribution in [0.5, 0.6) is 0 Å². The largest absolute Gasteiger partial charge is 0.465 e. The zero-order chi connectivity index (χ0) is 11.5. The number of esters is 1. The van der Waals surface area contributed by atoms with Crippen molar-refractivity contribution in [3.8, 4) is 0 Å². The van der Waals surface area contributed by atoms with Gasteiger partial charge in [-0.3, -0.25) is 4.79 Å². The Kier molecular flexibility index (Phi) is 3.35. The Balaban J connectivity index is 3.05. The fourth-order valence-electron chi connectivity index (χ4n) is 1.49. The quantitative estimate of drug-likeness (QED) is 0.610. The third-order valence-corrected chi connectivity index (χ3v) is 2.42. The van der Waals surface area contributed by atoms with Crippen LogP contribution < -0.4 is 5.73 Å². The van der Waals surface area contributed by atoms with Gasteiger partial charge in [0, 0.05) is 5.69 Å². The summed E-state index contributed by atoms with van der Waals surface area (Å²) < 4.78 is 5.02. The smallest absolute Gasteiger partial charge is 0.316 e. The summed E-state index contributed by atoms with van der Waals surface area (Å²) >= 11 is 0. The molecule has 0 spiro atoms. The predicted molar refractivity (Wildman–Crippen MR) is 60.5 cm³/mol. The molecule has 0 atom stereocenters. The van der Waals surface area contributed by atoms with Crippen molar-refractivity contribution < 1.29 is 9.53 Å². The lowest BCUT2D eigenvalue weighted by molar-refractivity contribution is -0.148. The number of hydrogen-bond acceptors (Lipinski definition) is 3. The summed E-state index contributed by atoms with van der Waals surface area (Å²) in [5, 5.41) is 0. The number of ether oxygens (including phenoxy) is 1. The van der Waals surface area contributed by atoms with E-state index >= 15 is 0 Å². The molecule has 0 saturated carbocycles. The van der Waals surface area contributed by atoms with E-state index in [1.807, 2.05) is 32.0 Å². The first kappa shape index (κ1) is 11.6. The molecule has 2 N–H and O–H groups in total. The van der Waals surface area contributed by atoms with Crippen LogP contribution in [0.4, 0.5) is 5.69 Å². The maximum absolute atomic E-state index is 11.7. The summed E-state index contributed by atoms with van der Waals surface area (Å²) in [6.45, 7) is 5.81. The first-order valence-electron chi connectivity index (χ1n) is 5.02. The van der Waals surface area contributed by atoms with Gasteiger partial charge < -0.3 is 10.5 Å². The van der Waals surface area contributed by atoms with Crippen LogP contribution in [-0.4, -0.2) is 12.6 Å². The van der Waals surface area contributed by atoms with Crippen LogP contribution in [0.1, 0.15) is 26.3 Å². The highest BCUT2D eigenvalue weighted by molar-refractivity contribution is 5.84. The van der Waals surface area contributed by atoms with E-state index in [1.54, 1.807) is 13.0 Å². The minimum Gasteiger partial charge on any atom is -0.465 e. The number of hydrogen-bond donors (Lipinski definition) is 1. The van der Waals surface area contributed by atoms with Crippen molar-refractivity contribution in [3.63, 3.8) is 0 Å². The molecule has 0 unspecified atom stereocenters. The summed E-state index contributed by atoms with van der Waals surface area (Å²) in [5.41, 5.74) is 6.57. The Morgan fingerprint density at radius 3 is 2.53 bits per heavy atom. The highest BCUT2D eigenvalue weighted by atomic mass is 16.5. The van der Waals surface area contributed by atoms with E-state index in [4.69, 9.17) is 10.5 Å². The second-order valence-electron chi connectivity index (χ2n) is 3.93. The molecular formula is C12H17NO2. The van der Waals surface area contributed by atoms with E-state index in [-0.39, 0.29) is 5.97 Å². The first-order chi connectivity index (χ1) is 7.00. The molecule has 0 saturated heterocycles. The first-order valence-corrected chi connectivity index (χ1v) is 5.02. The number of anilines is 1. The highest BCUT2D eigenvalue weighted by Crippen LogP contribution is 2.29. The molecule has 3 nitrogen and oxygen atoms in total. The minimum atomic E-state index is -0.693. The molecule has 0 aliphatic heterocycles. The van der Waals surface area contributed by atoms with Crippen molar-refractivity contribution in [2.75, 3.05) is 12.3 Å². The molecule has 1 aromatic rings. The van der Waals surface area contributed by atoms with Crippen molar-refractivity contribution in [2.45, 2.75) is 26.2 Å². The maximum Gasteiger partial charge on any atom is 0.316 e. The number of nitrogens with two attached hydrogens (primary N) is 1. The Labute approximate surface area is 90.2 Å². The van der Waals surface area contributed by atoms with Gasteiger partial charge in [0.25, 0.3) is 0 Å². The third-order valence-electron chi connectivity index (χ3n) is 2.42. The van der Waals surface area contributed by atoms with E-state index in [0.29, 0.717) is 12.3 Å². The molecule has 0 fully saturated rings. The zero-order valence-electron chi connectivity index (χ0n) is 9.41. The number of rotatable bonds is 3. The summed E-state index contributed by atoms with van der Waals surface area (Å²) in [6, 6.07) is 7.36. The number of nitrogen functional groups attached to an aromatic ring is 1. The van der Waals surface area contributed by atoms with Gasteiger partial charge in [-0.25, -0.2) is 0 Å². The van der Waals surface area contributed by atoms with Crippen LogP contribution >= 0.6 is 0 Å². The van der Waals surface area contributed by atoms with Crippen LogP contribution in [0.15, 0.2) is 24.3 Å². The number of benzene rings is 1. The molecule has 0 aromatic heterocycles. The second-order valence-corrected chi connectivity index (χ2v) is 3.93. The van der Waals surface area contributed by atoms with Crippen molar-refractivity contribution in [1.82, 2.24) is 0 Å². The molecular weight excluding hydrogens is 190 g/mol. The summed E-state index contributed by atoms with van der Waals surface area (Å²) in [6.07, 6.45) is 0. The lowest BCUT2D eigenvalue weighted by Gasteiger charge is -2.24. The highest BCUT2D eigenvalue weighted by Gasteiger charge is 2.32. The van der Waals surface area contributed by atoms with Crippen molar-refractivity contribution in [1.29, 1.82) is 0 Å².